The molecule has 0 aliphatic heterocycles. The van der Waals surface area contributed by atoms with Crippen molar-refractivity contribution in [1.82, 2.24) is 15.6 Å². The highest BCUT2D eigenvalue weighted by Gasteiger charge is 2.00. The van der Waals surface area contributed by atoms with E-state index in [2.05, 4.69) is 34.9 Å². The fourth-order valence-electron chi connectivity index (χ4n) is 1.97. The van der Waals surface area contributed by atoms with E-state index < -0.39 is 0 Å². The molecule has 0 spiro atoms. The molecule has 0 aliphatic rings. The van der Waals surface area contributed by atoms with Gasteiger partial charge in [0.15, 0.2) is 0 Å². The zero-order valence-electron chi connectivity index (χ0n) is 14.1. The van der Waals surface area contributed by atoms with Crippen molar-refractivity contribution in [1.29, 1.82) is 0 Å². The van der Waals surface area contributed by atoms with Gasteiger partial charge >= 0.3 is 0 Å². The summed E-state index contributed by atoms with van der Waals surface area (Å²) in [6.45, 7) is 12.0. The molecule has 0 saturated heterocycles. The van der Waals surface area contributed by atoms with Crippen molar-refractivity contribution >= 4 is 5.57 Å². The number of pyridine rings is 1. The van der Waals surface area contributed by atoms with Crippen LogP contribution in [0.1, 0.15) is 18.9 Å². The van der Waals surface area contributed by atoms with E-state index in [0.29, 0.717) is 6.61 Å². The van der Waals surface area contributed by atoms with Gasteiger partial charge in [-0.2, -0.15) is 0 Å². The standard InChI is InChI=1S/C19H27N3O/c1-5-7-18(20-4)15-19(22-12-13-23-6-2)14-16(3)17-8-10-21-11-9-17/h5,8-11,14-15,20,22H,1,3,6-7,12-13H2,2,4H3/b18-15+,19-14+. The summed E-state index contributed by atoms with van der Waals surface area (Å²) in [6, 6.07) is 3.90. The van der Waals surface area contributed by atoms with Crippen molar-refractivity contribution in [3.05, 3.63) is 72.9 Å². The van der Waals surface area contributed by atoms with Crippen LogP contribution in [0.25, 0.3) is 5.57 Å². The summed E-state index contributed by atoms with van der Waals surface area (Å²) in [7, 11) is 1.91. The third-order valence-electron chi connectivity index (χ3n) is 3.18. The lowest BCUT2D eigenvalue weighted by Gasteiger charge is -2.11. The first-order valence-corrected chi connectivity index (χ1v) is 7.83. The molecule has 1 aromatic heterocycles. The Morgan fingerprint density at radius 2 is 2.04 bits per heavy atom. The molecule has 0 saturated carbocycles. The van der Waals surface area contributed by atoms with Crippen LogP contribution in [-0.2, 0) is 4.74 Å². The van der Waals surface area contributed by atoms with Crippen molar-refractivity contribution in [2.24, 2.45) is 0 Å². The minimum Gasteiger partial charge on any atom is -0.391 e. The van der Waals surface area contributed by atoms with E-state index >= 15 is 0 Å². The molecule has 124 valence electrons. The average molecular weight is 313 g/mol. The van der Waals surface area contributed by atoms with E-state index in [1.54, 1.807) is 12.4 Å². The van der Waals surface area contributed by atoms with Crippen LogP contribution < -0.4 is 10.6 Å². The molecule has 0 atom stereocenters. The molecule has 2 N–H and O–H groups in total. The van der Waals surface area contributed by atoms with Crippen molar-refractivity contribution in [3.63, 3.8) is 0 Å². The van der Waals surface area contributed by atoms with Crippen molar-refractivity contribution in [2.75, 3.05) is 26.8 Å². The van der Waals surface area contributed by atoms with Crippen LogP contribution in [0.4, 0.5) is 0 Å². The maximum atomic E-state index is 5.38. The largest absolute Gasteiger partial charge is 0.391 e. The number of aromatic nitrogens is 1. The van der Waals surface area contributed by atoms with Crippen LogP contribution in [0.15, 0.2) is 67.3 Å². The van der Waals surface area contributed by atoms with Crippen LogP contribution in [0.2, 0.25) is 0 Å². The molecule has 4 nitrogen and oxygen atoms in total. The molecule has 4 heteroatoms. The number of allylic oxidation sites excluding steroid dienone is 4. The van der Waals surface area contributed by atoms with Crippen LogP contribution in [-0.4, -0.2) is 31.8 Å². The summed E-state index contributed by atoms with van der Waals surface area (Å²) >= 11 is 0. The zero-order valence-corrected chi connectivity index (χ0v) is 14.1. The Hall–Kier alpha value is -2.33. The predicted octanol–water partition coefficient (Wildman–Crippen LogP) is 3.28. The molecule has 1 aromatic rings. The minimum atomic E-state index is 0.666. The Kier molecular flexibility index (Phi) is 9.17. The van der Waals surface area contributed by atoms with Gasteiger partial charge in [0.25, 0.3) is 0 Å². The average Bonchev–Trinajstić information content (AvgIpc) is 2.58. The summed E-state index contributed by atoms with van der Waals surface area (Å²) in [5.74, 6) is 0. The number of nitrogens with zero attached hydrogens (tertiary/aromatic N) is 1. The monoisotopic (exact) mass is 313 g/mol. The summed E-state index contributed by atoms with van der Waals surface area (Å²) in [4.78, 5) is 4.04. The zero-order chi connectivity index (χ0) is 16.9. The maximum absolute atomic E-state index is 5.38. The Balaban J connectivity index is 2.90. The van der Waals surface area contributed by atoms with E-state index in [0.717, 1.165) is 42.1 Å². The normalized spacial score (nSPS) is 11.9. The Morgan fingerprint density at radius 3 is 2.65 bits per heavy atom. The highest BCUT2D eigenvalue weighted by molar-refractivity contribution is 5.72. The van der Waals surface area contributed by atoms with Gasteiger partial charge in [0.2, 0.25) is 0 Å². The fourth-order valence-corrected chi connectivity index (χ4v) is 1.97. The van der Waals surface area contributed by atoms with Crippen molar-refractivity contribution in [2.45, 2.75) is 13.3 Å². The predicted molar refractivity (Wildman–Crippen MR) is 97.8 cm³/mol. The fraction of sp³-hybridized carbons (Fsp3) is 0.316. The van der Waals surface area contributed by atoms with Gasteiger partial charge in [-0.05, 0) is 42.3 Å². The van der Waals surface area contributed by atoms with E-state index in [4.69, 9.17) is 4.74 Å². The molecule has 0 aliphatic carbocycles. The topological polar surface area (TPSA) is 46.2 Å². The molecule has 1 heterocycles. The SMILES string of the molecule is C=CC/C(=C\C(=C/C(=C)c1ccncc1)NCCOCC)NC. The van der Waals surface area contributed by atoms with Crippen LogP contribution in [0, 0.1) is 0 Å². The second-order valence-electron chi connectivity index (χ2n) is 4.90. The summed E-state index contributed by atoms with van der Waals surface area (Å²) < 4.78 is 5.38. The number of ether oxygens (including phenoxy) is 1. The van der Waals surface area contributed by atoms with Gasteiger partial charge in [0, 0.05) is 50.4 Å². The second kappa shape index (κ2) is 11.3. The molecule has 1 rings (SSSR count). The van der Waals surface area contributed by atoms with Crippen molar-refractivity contribution < 1.29 is 4.74 Å². The van der Waals surface area contributed by atoms with Gasteiger partial charge in [0.05, 0.1) is 6.61 Å². The van der Waals surface area contributed by atoms with Gasteiger partial charge in [0.1, 0.15) is 0 Å². The van der Waals surface area contributed by atoms with E-state index in [1.165, 1.54) is 0 Å². The van der Waals surface area contributed by atoms with E-state index in [1.807, 2.05) is 38.3 Å². The Morgan fingerprint density at radius 1 is 1.30 bits per heavy atom. The van der Waals surface area contributed by atoms with Crippen LogP contribution >= 0.6 is 0 Å². The molecule has 0 aromatic carbocycles. The number of hydrogen-bond acceptors (Lipinski definition) is 4. The van der Waals surface area contributed by atoms with E-state index in [9.17, 15) is 0 Å². The van der Waals surface area contributed by atoms with Crippen LogP contribution in [0.3, 0.4) is 0 Å². The van der Waals surface area contributed by atoms with E-state index in [-0.39, 0.29) is 0 Å². The molecule has 0 bridgehead atoms. The highest BCUT2D eigenvalue weighted by Crippen LogP contribution is 2.15. The first-order chi connectivity index (χ1) is 11.2. The highest BCUT2D eigenvalue weighted by atomic mass is 16.5. The summed E-state index contributed by atoms with van der Waals surface area (Å²) in [5.41, 5.74) is 4.04. The van der Waals surface area contributed by atoms with Gasteiger partial charge in [-0.1, -0.05) is 12.7 Å². The van der Waals surface area contributed by atoms with Gasteiger partial charge in [-0.25, -0.2) is 0 Å². The number of nitrogens with one attached hydrogen (secondary N) is 2. The smallest absolute Gasteiger partial charge is 0.0638 e. The maximum Gasteiger partial charge on any atom is 0.0638 e. The third-order valence-corrected chi connectivity index (χ3v) is 3.18. The molecule has 0 amide bonds. The summed E-state index contributed by atoms with van der Waals surface area (Å²) in [5, 5.41) is 6.57. The van der Waals surface area contributed by atoms with Gasteiger partial charge in [-0.3, -0.25) is 4.98 Å². The Labute approximate surface area is 139 Å². The van der Waals surface area contributed by atoms with Crippen LogP contribution in [0.5, 0.6) is 0 Å². The first-order valence-electron chi connectivity index (χ1n) is 7.83. The third kappa shape index (κ3) is 7.47. The lowest BCUT2D eigenvalue weighted by molar-refractivity contribution is 0.151. The Bertz CT molecular complexity index is 547. The second-order valence-corrected chi connectivity index (χ2v) is 4.90. The van der Waals surface area contributed by atoms with Gasteiger partial charge in [-0.15, -0.1) is 6.58 Å². The number of rotatable bonds is 11. The lowest BCUT2D eigenvalue weighted by atomic mass is 10.1. The van der Waals surface area contributed by atoms with Crippen molar-refractivity contribution in [3.8, 4) is 0 Å². The number of hydrogen-bond donors (Lipinski definition) is 2. The molecular weight excluding hydrogens is 286 g/mol. The molecule has 0 unspecified atom stereocenters. The van der Waals surface area contributed by atoms with Gasteiger partial charge < -0.3 is 15.4 Å². The molecular formula is C19H27N3O. The molecule has 0 fully saturated rings. The quantitative estimate of drug-likeness (QED) is 0.374. The molecule has 0 radical (unpaired) electrons. The first kappa shape index (κ1) is 18.7. The molecule has 23 heavy (non-hydrogen) atoms. The lowest BCUT2D eigenvalue weighted by Crippen LogP contribution is -2.19. The summed E-state index contributed by atoms with van der Waals surface area (Å²) in [6.07, 6.45) is 10.3. The minimum absolute atomic E-state index is 0.666.